The van der Waals surface area contributed by atoms with E-state index in [0.29, 0.717) is 49.4 Å². The summed E-state index contributed by atoms with van der Waals surface area (Å²) >= 11 is 0. The molecular weight excluding hydrogens is 359 g/mol. The van der Waals surface area contributed by atoms with Gasteiger partial charge in [0.25, 0.3) is 0 Å². The number of hydrogen-bond acceptors (Lipinski definition) is 4. The number of carboxylic acid groups (broad SMARTS) is 1. The van der Waals surface area contributed by atoms with Gasteiger partial charge in [-0.2, -0.15) is 13.2 Å². The van der Waals surface area contributed by atoms with Gasteiger partial charge in [-0.15, -0.1) is 0 Å². The first kappa shape index (κ1) is 19.4. The molecule has 0 bridgehead atoms. The van der Waals surface area contributed by atoms with E-state index in [9.17, 15) is 23.1 Å². The van der Waals surface area contributed by atoms with E-state index in [-0.39, 0.29) is 11.5 Å². The lowest BCUT2D eigenvalue weighted by molar-refractivity contribution is -0.148. The Hall–Kier alpha value is -2.35. The first-order valence-corrected chi connectivity index (χ1v) is 8.90. The minimum absolute atomic E-state index is 0.142. The minimum atomic E-state index is -4.17. The van der Waals surface area contributed by atoms with Gasteiger partial charge in [-0.3, -0.25) is 4.90 Å². The van der Waals surface area contributed by atoms with Crippen molar-refractivity contribution in [1.82, 2.24) is 9.88 Å². The first-order chi connectivity index (χ1) is 12.7. The van der Waals surface area contributed by atoms with Crippen LogP contribution in [0.5, 0.6) is 0 Å². The third kappa shape index (κ3) is 4.68. The number of para-hydroxylation sites is 1. The van der Waals surface area contributed by atoms with E-state index in [0.717, 1.165) is 5.39 Å². The molecule has 0 saturated carbocycles. The van der Waals surface area contributed by atoms with Gasteiger partial charge in [0.15, 0.2) is 0 Å². The van der Waals surface area contributed by atoms with Crippen LogP contribution >= 0.6 is 0 Å². The van der Waals surface area contributed by atoms with Crippen LogP contribution in [-0.4, -0.2) is 53.3 Å². The largest absolute Gasteiger partial charge is 0.478 e. The molecule has 1 aromatic heterocycles. The van der Waals surface area contributed by atoms with Crippen molar-refractivity contribution in [1.29, 1.82) is 0 Å². The Bertz CT molecular complexity index is 831. The van der Waals surface area contributed by atoms with Crippen molar-refractivity contribution < 1.29 is 23.1 Å². The summed E-state index contributed by atoms with van der Waals surface area (Å²) in [6, 6.07) is 7.35. The highest BCUT2D eigenvalue weighted by Crippen LogP contribution is 2.27. The van der Waals surface area contributed by atoms with E-state index in [4.69, 9.17) is 0 Å². The predicted octanol–water partition coefficient (Wildman–Crippen LogP) is 3.93. The topological polar surface area (TPSA) is 65.5 Å². The fourth-order valence-corrected chi connectivity index (χ4v) is 3.61. The zero-order valence-electron chi connectivity index (χ0n) is 15.0. The van der Waals surface area contributed by atoms with Crippen molar-refractivity contribution in [3.05, 3.63) is 35.4 Å². The van der Waals surface area contributed by atoms with Crippen LogP contribution in [0.15, 0.2) is 24.3 Å². The Morgan fingerprint density at radius 1 is 1.30 bits per heavy atom. The molecule has 0 amide bonds. The number of aryl methyl sites for hydroxylation is 1. The molecule has 2 N–H and O–H groups in total. The lowest BCUT2D eigenvalue weighted by Gasteiger charge is -2.32. The number of pyridine rings is 1. The Balaban J connectivity index is 1.69. The van der Waals surface area contributed by atoms with E-state index in [1.54, 1.807) is 6.92 Å². The summed E-state index contributed by atoms with van der Waals surface area (Å²) < 4.78 is 37.4. The summed E-state index contributed by atoms with van der Waals surface area (Å²) in [5.41, 5.74) is 1.50. The zero-order chi connectivity index (χ0) is 19.6. The number of anilines is 1. The van der Waals surface area contributed by atoms with Gasteiger partial charge in [-0.1, -0.05) is 18.2 Å². The van der Waals surface area contributed by atoms with Crippen LogP contribution in [0.3, 0.4) is 0 Å². The standard InChI is InChI=1S/C19H22F3N3O2/c1-12-14-4-2-3-5-15(14)24-17(16(12)18(26)27)23-10-13-6-8-25(9-7-13)11-19(20,21)22/h2-5,13H,6-11H2,1H3,(H,23,24)(H,26,27). The normalized spacial score (nSPS) is 16.6. The molecule has 8 heteroatoms. The summed E-state index contributed by atoms with van der Waals surface area (Å²) in [4.78, 5) is 17.6. The number of halogens is 3. The molecule has 3 rings (SSSR count). The third-order valence-electron chi connectivity index (χ3n) is 5.03. The van der Waals surface area contributed by atoms with Crippen molar-refractivity contribution in [3.8, 4) is 0 Å². The maximum atomic E-state index is 12.5. The van der Waals surface area contributed by atoms with Gasteiger partial charge in [0.2, 0.25) is 0 Å². The van der Waals surface area contributed by atoms with E-state index in [1.807, 2.05) is 24.3 Å². The van der Waals surface area contributed by atoms with Gasteiger partial charge >= 0.3 is 12.1 Å². The molecule has 0 atom stereocenters. The Morgan fingerprint density at radius 3 is 2.59 bits per heavy atom. The fourth-order valence-electron chi connectivity index (χ4n) is 3.61. The Labute approximate surface area is 155 Å². The highest BCUT2D eigenvalue weighted by atomic mass is 19.4. The van der Waals surface area contributed by atoms with E-state index in [1.165, 1.54) is 4.90 Å². The lowest BCUT2D eigenvalue weighted by atomic mass is 9.96. The van der Waals surface area contributed by atoms with Gasteiger partial charge in [0, 0.05) is 11.9 Å². The van der Waals surface area contributed by atoms with Gasteiger partial charge in [0.05, 0.1) is 12.1 Å². The van der Waals surface area contributed by atoms with Crippen molar-refractivity contribution >= 4 is 22.7 Å². The quantitative estimate of drug-likeness (QED) is 0.822. The minimum Gasteiger partial charge on any atom is -0.478 e. The lowest BCUT2D eigenvalue weighted by Crippen LogP contribution is -2.41. The molecule has 146 valence electrons. The monoisotopic (exact) mass is 381 g/mol. The van der Waals surface area contributed by atoms with Crippen LogP contribution < -0.4 is 5.32 Å². The second kappa shape index (κ2) is 7.72. The summed E-state index contributed by atoms with van der Waals surface area (Å²) in [6.45, 7) is 2.16. The maximum Gasteiger partial charge on any atom is 0.401 e. The van der Waals surface area contributed by atoms with E-state index >= 15 is 0 Å². The molecule has 2 heterocycles. The molecular formula is C19H22F3N3O2. The summed E-state index contributed by atoms with van der Waals surface area (Å²) in [5, 5.41) is 13.5. The number of rotatable bonds is 5. The van der Waals surface area contributed by atoms with Gasteiger partial charge in [-0.25, -0.2) is 9.78 Å². The molecule has 0 aliphatic carbocycles. The van der Waals surface area contributed by atoms with Crippen molar-refractivity contribution in [2.24, 2.45) is 5.92 Å². The van der Waals surface area contributed by atoms with Crippen molar-refractivity contribution in [2.45, 2.75) is 25.9 Å². The first-order valence-electron chi connectivity index (χ1n) is 8.90. The van der Waals surface area contributed by atoms with Gasteiger partial charge in [-0.05, 0) is 50.4 Å². The SMILES string of the molecule is Cc1c(C(=O)O)c(NCC2CCN(CC(F)(F)F)CC2)nc2ccccc12. The number of nitrogens with zero attached hydrogens (tertiary/aromatic N) is 2. The number of aromatic carboxylic acids is 1. The Morgan fingerprint density at radius 2 is 1.96 bits per heavy atom. The second-order valence-electron chi connectivity index (χ2n) is 7.00. The molecule has 5 nitrogen and oxygen atoms in total. The number of alkyl halides is 3. The highest BCUT2D eigenvalue weighted by molar-refractivity contribution is 6.01. The number of carboxylic acids is 1. The molecule has 1 saturated heterocycles. The number of hydrogen-bond donors (Lipinski definition) is 2. The predicted molar refractivity (Wildman–Crippen MR) is 97.1 cm³/mol. The zero-order valence-corrected chi connectivity index (χ0v) is 15.0. The molecule has 27 heavy (non-hydrogen) atoms. The number of aromatic nitrogens is 1. The van der Waals surface area contributed by atoms with Gasteiger partial charge in [0.1, 0.15) is 11.4 Å². The van der Waals surface area contributed by atoms with Crippen LogP contribution in [0.4, 0.5) is 19.0 Å². The second-order valence-corrected chi connectivity index (χ2v) is 7.00. The van der Waals surface area contributed by atoms with Crippen LogP contribution in [0, 0.1) is 12.8 Å². The van der Waals surface area contributed by atoms with Crippen molar-refractivity contribution in [3.63, 3.8) is 0 Å². The smallest absolute Gasteiger partial charge is 0.401 e. The molecule has 1 aliphatic rings. The summed E-state index contributed by atoms with van der Waals surface area (Å²) in [6.07, 6.45) is -2.90. The van der Waals surface area contributed by atoms with Gasteiger partial charge < -0.3 is 10.4 Å². The fraction of sp³-hybridized carbons (Fsp3) is 0.474. The van der Waals surface area contributed by atoms with Crippen LogP contribution in [-0.2, 0) is 0 Å². The highest BCUT2D eigenvalue weighted by Gasteiger charge is 2.32. The number of piperidine rings is 1. The number of benzene rings is 1. The van der Waals surface area contributed by atoms with E-state index < -0.39 is 18.7 Å². The average molecular weight is 381 g/mol. The van der Waals surface area contributed by atoms with Crippen LogP contribution in [0.1, 0.15) is 28.8 Å². The third-order valence-corrected chi connectivity index (χ3v) is 5.03. The molecule has 0 unspecified atom stereocenters. The molecule has 1 aromatic carbocycles. The van der Waals surface area contributed by atoms with E-state index in [2.05, 4.69) is 10.3 Å². The van der Waals surface area contributed by atoms with Crippen LogP contribution in [0.2, 0.25) is 0 Å². The molecule has 1 aliphatic heterocycles. The maximum absolute atomic E-state index is 12.5. The summed E-state index contributed by atoms with van der Waals surface area (Å²) in [5.74, 6) is -0.547. The number of carbonyl (C=O) groups is 1. The number of nitrogens with one attached hydrogen (secondary N) is 1. The molecule has 1 fully saturated rings. The Kier molecular flexibility index (Phi) is 5.55. The molecule has 2 aromatic rings. The summed E-state index contributed by atoms with van der Waals surface area (Å²) in [7, 11) is 0. The average Bonchev–Trinajstić information content (AvgIpc) is 2.59. The van der Waals surface area contributed by atoms with Crippen LogP contribution in [0.25, 0.3) is 10.9 Å². The number of likely N-dealkylation sites (tertiary alicyclic amines) is 1. The molecule has 0 radical (unpaired) electrons. The van der Waals surface area contributed by atoms with Crippen molar-refractivity contribution in [2.75, 3.05) is 31.5 Å². The molecule has 0 spiro atoms. The number of fused-ring (bicyclic) bond motifs is 1.